The first-order valence-electron chi connectivity index (χ1n) is 8.13. The summed E-state index contributed by atoms with van der Waals surface area (Å²) in [5.41, 5.74) is 0.534. The lowest BCUT2D eigenvalue weighted by molar-refractivity contribution is -0.139. The van der Waals surface area contributed by atoms with Gasteiger partial charge in [0, 0.05) is 10.6 Å². The lowest BCUT2D eigenvalue weighted by Gasteiger charge is -2.12. The lowest BCUT2D eigenvalue weighted by Crippen LogP contribution is -2.10. The van der Waals surface area contributed by atoms with E-state index in [2.05, 4.69) is 0 Å². The Kier molecular flexibility index (Phi) is 5.86. The standard InChI is InChI=1S/C20H13ClF2O5S/c21-13-2-7-18(28-11-20(24)25)16(10-13)12-1-8-19(17(23)9-12)29(26,27)15-5-3-14(22)4-6-15/h1-10H,11H2,(H,24,25). The molecule has 150 valence electrons. The number of hydrogen-bond donors (Lipinski definition) is 1. The number of carbonyl (C=O) groups is 1. The van der Waals surface area contributed by atoms with Crippen LogP contribution in [-0.4, -0.2) is 26.1 Å². The predicted molar refractivity (Wildman–Crippen MR) is 102 cm³/mol. The highest BCUT2D eigenvalue weighted by molar-refractivity contribution is 7.91. The van der Waals surface area contributed by atoms with Gasteiger partial charge in [0.1, 0.15) is 22.3 Å². The maximum absolute atomic E-state index is 14.7. The minimum absolute atomic E-state index is 0.144. The highest BCUT2D eigenvalue weighted by Gasteiger charge is 2.23. The lowest BCUT2D eigenvalue weighted by atomic mass is 10.0. The summed E-state index contributed by atoms with van der Waals surface area (Å²) in [5.74, 6) is -2.70. The molecule has 3 aromatic rings. The molecule has 29 heavy (non-hydrogen) atoms. The van der Waals surface area contributed by atoms with E-state index in [0.29, 0.717) is 10.6 Å². The summed E-state index contributed by atoms with van der Waals surface area (Å²) in [6.07, 6.45) is 0. The average Bonchev–Trinajstić information content (AvgIpc) is 2.67. The first-order chi connectivity index (χ1) is 13.7. The van der Waals surface area contributed by atoms with Crippen molar-refractivity contribution in [2.24, 2.45) is 0 Å². The van der Waals surface area contributed by atoms with E-state index in [0.717, 1.165) is 36.4 Å². The summed E-state index contributed by atoms with van der Waals surface area (Å²) >= 11 is 5.97. The summed E-state index contributed by atoms with van der Waals surface area (Å²) in [4.78, 5) is 9.92. The molecule has 0 aliphatic heterocycles. The molecule has 0 aromatic heterocycles. The smallest absolute Gasteiger partial charge is 0.341 e. The number of aliphatic carboxylic acids is 1. The monoisotopic (exact) mass is 438 g/mol. The Bertz CT molecular complexity index is 1180. The second-order valence-electron chi connectivity index (χ2n) is 5.93. The van der Waals surface area contributed by atoms with Gasteiger partial charge in [0.05, 0.1) is 4.90 Å². The van der Waals surface area contributed by atoms with Gasteiger partial charge >= 0.3 is 5.97 Å². The number of sulfone groups is 1. The van der Waals surface area contributed by atoms with Crippen LogP contribution in [0.1, 0.15) is 0 Å². The van der Waals surface area contributed by atoms with Crippen LogP contribution in [0.25, 0.3) is 11.1 Å². The number of ether oxygens (including phenoxy) is 1. The van der Waals surface area contributed by atoms with E-state index in [1.807, 2.05) is 0 Å². The Morgan fingerprint density at radius 2 is 1.69 bits per heavy atom. The van der Waals surface area contributed by atoms with Crippen molar-refractivity contribution < 1.29 is 31.8 Å². The van der Waals surface area contributed by atoms with Crippen molar-refractivity contribution in [2.45, 2.75) is 9.79 Å². The van der Waals surface area contributed by atoms with Gasteiger partial charge in [-0.2, -0.15) is 0 Å². The topological polar surface area (TPSA) is 80.7 Å². The molecular weight excluding hydrogens is 426 g/mol. The van der Waals surface area contributed by atoms with Crippen molar-refractivity contribution in [3.05, 3.63) is 77.3 Å². The third-order valence-electron chi connectivity index (χ3n) is 3.95. The zero-order chi connectivity index (χ0) is 21.2. The van der Waals surface area contributed by atoms with E-state index < -0.39 is 38.9 Å². The van der Waals surface area contributed by atoms with E-state index in [1.54, 1.807) is 0 Å². The van der Waals surface area contributed by atoms with Crippen LogP contribution >= 0.6 is 11.6 Å². The van der Waals surface area contributed by atoms with Gasteiger partial charge in [-0.3, -0.25) is 0 Å². The van der Waals surface area contributed by atoms with Crippen LogP contribution in [0.3, 0.4) is 0 Å². The molecule has 0 fully saturated rings. The molecule has 0 atom stereocenters. The molecule has 0 amide bonds. The number of carboxylic acids is 1. The van der Waals surface area contributed by atoms with Gasteiger partial charge in [0.15, 0.2) is 6.61 Å². The molecule has 0 heterocycles. The Morgan fingerprint density at radius 1 is 1.00 bits per heavy atom. The van der Waals surface area contributed by atoms with Gasteiger partial charge < -0.3 is 9.84 Å². The van der Waals surface area contributed by atoms with Crippen molar-refractivity contribution in [3.8, 4) is 16.9 Å². The summed E-state index contributed by atoms with van der Waals surface area (Å²) in [5, 5.41) is 9.08. The quantitative estimate of drug-likeness (QED) is 0.570. The second kappa shape index (κ2) is 8.18. The summed E-state index contributed by atoms with van der Waals surface area (Å²) in [6, 6.07) is 11.8. The van der Waals surface area contributed by atoms with E-state index >= 15 is 0 Å². The molecule has 0 bridgehead atoms. The van der Waals surface area contributed by atoms with Gasteiger partial charge in [-0.1, -0.05) is 17.7 Å². The largest absolute Gasteiger partial charge is 0.481 e. The molecule has 0 aliphatic carbocycles. The Hall–Kier alpha value is -2.97. The maximum atomic E-state index is 14.7. The van der Waals surface area contributed by atoms with Crippen LogP contribution in [0.5, 0.6) is 5.75 Å². The zero-order valence-electron chi connectivity index (χ0n) is 14.6. The molecule has 0 radical (unpaired) electrons. The molecule has 0 unspecified atom stereocenters. The molecule has 5 nitrogen and oxygen atoms in total. The molecule has 3 aromatic carbocycles. The van der Waals surface area contributed by atoms with E-state index in [1.165, 1.54) is 24.3 Å². The zero-order valence-corrected chi connectivity index (χ0v) is 16.2. The van der Waals surface area contributed by atoms with Crippen LogP contribution in [0.2, 0.25) is 5.02 Å². The Labute approximate surface area is 170 Å². The third-order valence-corrected chi connectivity index (χ3v) is 5.99. The number of halogens is 3. The van der Waals surface area contributed by atoms with E-state index in [-0.39, 0.29) is 16.2 Å². The molecule has 9 heteroatoms. The van der Waals surface area contributed by atoms with Gasteiger partial charge in [-0.05, 0) is 60.2 Å². The van der Waals surface area contributed by atoms with Crippen molar-refractivity contribution >= 4 is 27.4 Å². The Morgan fingerprint density at radius 3 is 2.31 bits per heavy atom. The first-order valence-corrected chi connectivity index (χ1v) is 9.99. The predicted octanol–water partition coefficient (Wildman–Crippen LogP) is 4.58. The molecule has 1 N–H and O–H groups in total. The molecule has 0 saturated heterocycles. The van der Waals surface area contributed by atoms with Crippen LogP contribution in [0, 0.1) is 11.6 Å². The van der Waals surface area contributed by atoms with E-state index in [9.17, 15) is 22.0 Å². The van der Waals surface area contributed by atoms with Crippen LogP contribution in [0.4, 0.5) is 8.78 Å². The second-order valence-corrected chi connectivity index (χ2v) is 8.28. The van der Waals surface area contributed by atoms with E-state index in [4.69, 9.17) is 21.4 Å². The number of benzene rings is 3. The van der Waals surface area contributed by atoms with Gasteiger partial charge in [-0.15, -0.1) is 0 Å². The summed E-state index contributed by atoms with van der Waals surface area (Å²) in [7, 11) is -4.20. The molecule has 3 rings (SSSR count). The van der Waals surface area contributed by atoms with Gasteiger partial charge in [-0.25, -0.2) is 22.0 Å². The highest BCUT2D eigenvalue weighted by Crippen LogP contribution is 2.35. The number of hydrogen-bond acceptors (Lipinski definition) is 4. The molecule has 0 aliphatic rings. The average molecular weight is 439 g/mol. The minimum atomic E-state index is -4.20. The molecule has 0 spiro atoms. The van der Waals surface area contributed by atoms with Crippen LogP contribution in [-0.2, 0) is 14.6 Å². The van der Waals surface area contributed by atoms with Crippen LogP contribution < -0.4 is 4.74 Å². The fourth-order valence-electron chi connectivity index (χ4n) is 2.62. The fraction of sp³-hybridized carbons (Fsp3) is 0.0500. The first kappa shape index (κ1) is 20.8. The van der Waals surface area contributed by atoms with Crippen molar-refractivity contribution in [1.82, 2.24) is 0 Å². The third kappa shape index (κ3) is 4.55. The van der Waals surface area contributed by atoms with Crippen LogP contribution in [0.15, 0.2) is 70.5 Å². The van der Waals surface area contributed by atoms with Crippen molar-refractivity contribution in [2.75, 3.05) is 6.61 Å². The summed E-state index contributed by atoms with van der Waals surface area (Å²) < 4.78 is 58.2. The summed E-state index contributed by atoms with van der Waals surface area (Å²) in [6.45, 7) is -0.617. The fourth-order valence-corrected chi connectivity index (χ4v) is 4.10. The Balaban J connectivity index is 2.03. The molecule has 0 saturated carbocycles. The highest BCUT2D eigenvalue weighted by atomic mass is 35.5. The maximum Gasteiger partial charge on any atom is 0.341 e. The van der Waals surface area contributed by atoms with Gasteiger partial charge in [0.25, 0.3) is 0 Å². The number of carboxylic acid groups (broad SMARTS) is 1. The normalized spacial score (nSPS) is 11.3. The van der Waals surface area contributed by atoms with Gasteiger partial charge in [0.2, 0.25) is 9.84 Å². The molecular formula is C20H13ClF2O5S. The van der Waals surface area contributed by atoms with Crippen molar-refractivity contribution in [1.29, 1.82) is 0 Å². The minimum Gasteiger partial charge on any atom is -0.481 e. The SMILES string of the molecule is O=C(O)COc1ccc(Cl)cc1-c1ccc(S(=O)(=O)c2ccc(F)cc2)c(F)c1. The number of rotatable bonds is 6. The van der Waals surface area contributed by atoms with Crippen molar-refractivity contribution in [3.63, 3.8) is 0 Å².